The Labute approximate surface area is 206 Å². The summed E-state index contributed by atoms with van der Waals surface area (Å²) in [5.41, 5.74) is 3.63. The molecular weight excluding hydrogens is 428 g/mol. The number of hydrogen-bond donors (Lipinski definition) is 0. The highest BCUT2D eigenvalue weighted by atomic mass is 35.5. The average Bonchev–Trinajstić information content (AvgIpc) is 2.82. The van der Waals surface area contributed by atoms with Gasteiger partial charge in [0.1, 0.15) is 11.9 Å². The number of para-hydroxylation sites is 1. The Morgan fingerprint density at radius 3 is 1.70 bits per heavy atom. The third kappa shape index (κ3) is 10.4. The van der Waals surface area contributed by atoms with Gasteiger partial charge in [-0.05, 0) is 70.8 Å². The molecule has 3 rings (SSSR count). The number of alkyl halides is 1. The molecule has 4 heteroatoms. The smallest absolute Gasteiger partial charge is 0.125 e. The molecule has 0 aliphatic rings. The second kappa shape index (κ2) is 14.7. The van der Waals surface area contributed by atoms with Crippen molar-refractivity contribution in [2.75, 3.05) is 41.3 Å². The standard InChI is InChI=1S/C18H23NO.C11H16ClN/c1-15-9-7-8-12-17(15)20-18(13-14-19(2)3)16-10-5-4-6-11-16;1-13(2)9-8-11(12)10-6-4-3-5-7-10/h4-12,18H,13-14H2,1-3H3;3-7,11H,8-9H2,1-2H3. The van der Waals surface area contributed by atoms with Crippen LogP contribution in [0.4, 0.5) is 0 Å². The van der Waals surface area contributed by atoms with Crippen molar-refractivity contribution in [3.8, 4) is 5.75 Å². The Balaban J connectivity index is 0.000000257. The molecule has 0 saturated heterocycles. The van der Waals surface area contributed by atoms with E-state index in [1.807, 2.05) is 42.5 Å². The second-order valence-corrected chi connectivity index (χ2v) is 9.37. The fourth-order valence-corrected chi connectivity index (χ4v) is 3.62. The van der Waals surface area contributed by atoms with Crippen LogP contribution in [0.25, 0.3) is 0 Å². The summed E-state index contributed by atoms with van der Waals surface area (Å²) in [5.74, 6) is 0.972. The predicted octanol–water partition coefficient (Wildman–Crippen LogP) is 6.99. The van der Waals surface area contributed by atoms with E-state index in [2.05, 4.69) is 87.4 Å². The number of hydrogen-bond acceptors (Lipinski definition) is 3. The zero-order valence-electron chi connectivity index (χ0n) is 20.7. The molecule has 3 aromatic rings. The van der Waals surface area contributed by atoms with E-state index >= 15 is 0 Å². The lowest BCUT2D eigenvalue weighted by molar-refractivity contribution is 0.178. The van der Waals surface area contributed by atoms with Gasteiger partial charge >= 0.3 is 0 Å². The zero-order chi connectivity index (χ0) is 24.1. The van der Waals surface area contributed by atoms with E-state index in [0.29, 0.717) is 0 Å². The Morgan fingerprint density at radius 1 is 0.667 bits per heavy atom. The van der Waals surface area contributed by atoms with Crippen molar-refractivity contribution in [1.29, 1.82) is 0 Å². The molecular formula is C29H39ClN2O. The Bertz CT molecular complexity index is 900. The van der Waals surface area contributed by atoms with Crippen molar-refractivity contribution >= 4 is 11.6 Å². The number of nitrogens with zero attached hydrogens (tertiary/aromatic N) is 2. The van der Waals surface area contributed by atoms with Crippen LogP contribution in [0.5, 0.6) is 5.75 Å². The van der Waals surface area contributed by atoms with Crippen LogP contribution in [0.15, 0.2) is 84.9 Å². The van der Waals surface area contributed by atoms with E-state index in [1.165, 1.54) is 16.7 Å². The largest absolute Gasteiger partial charge is 0.485 e. The van der Waals surface area contributed by atoms with Crippen molar-refractivity contribution in [1.82, 2.24) is 9.80 Å². The quantitative estimate of drug-likeness (QED) is 0.299. The normalized spacial score (nSPS) is 12.7. The highest BCUT2D eigenvalue weighted by Gasteiger charge is 2.14. The van der Waals surface area contributed by atoms with Gasteiger partial charge in [0, 0.05) is 13.0 Å². The third-order valence-electron chi connectivity index (χ3n) is 5.36. The van der Waals surface area contributed by atoms with E-state index in [-0.39, 0.29) is 11.5 Å². The van der Waals surface area contributed by atoms with Crippen molar-refractivity contribution in [2.45, 2.75) is 31.2 Å². The van der Waals surface area contributed by atoms with Crippen molar-refractivity contribution < 1.29 is 4.74 Å². The third-order valence-corrected chi connectivity index (χ3v) is 5.83. The van der Waals surface area contributed by atoms with E-state index in [0.717, 1.165) is 31.7 Å². The number of ether oxygens (including phenoxy) is 1. The van der Waals surface area contributed by atoms with Crippen LogP contribution in [0.2, 0.25) is 0 Å². The topological polar surface area (TPSA) is 15.7 Å². The molecule has 2 unspecified atom stereocenters. The molecule has 0 heterocycles. The molecule has 3 aromatic carbocycles. The van der Waals surface area contributed by atoms with E-state index in [4.69, 9.17) is 16.3 Å². The summed E-state index contributed by atoms with van der Waals surface area (Å²) in [4.78, 5) is 4.34. The minimum absolute atomic E-state index is 0.0969. The maximum absolute atomic E-state index is 6.26. The maximum atomic E-state index is 6.26. The van der Waals surface area contributed by atoms with Crippen molar-refractivity contribution in [3.05, 3.63) is 102 Å². The minimum Gasteiger partial charge on any atom is -0.485 e. The molecule has 0 spiro atoms. The Kier molecular flexibility index (Phi) is 12.0. The Hall–Kier alpha value is -2.33. The summed E-state index contributed by atoms with van der Waals surface area (Å²) < 4.78 is 6.26. The molecule has 0 fully saturated rings. The van der Waals surface area contributed by atoms with E-state index < -0.39 is 0 Å². The van der Waals surface area contributed by atoms with Crippen LogP contribution < -0.4 is 4.74 Å². The zero-order valence-corrected chi connectivity index (χ0v) is 21.5. The van der Waals surface area contributed by atoms with Gasteiger partial charge in [-0.2, -0.15) is 0 Å². The fraction of sp³-hybridized carbons (Fsp3) is 0.379. The monoisotopic (exact) mass is 466 g/mol. The lowest BCUT2D eigenvalue weighted by Crippen LogP contribution is -2.19. The summed E-state index contributed by atoms with van der Waals surface area (Å²) in [6.45, 7) is 4.12. The summed E-state index contributed by atoms with van der Waals surface area (Å²) >= 11 is 6.22. The SMILES string of the molecule is CN(C)CCC(Cl)c1ccccc1.Cc1ccccc1OC(CCN(C)C)c1ccccc1. The molecule has 0 saturated carbocycles. The van der Waals surface area contributed by atoms with Gasteiger partial charge in [-0.25, -0.2) is 0 Å². The first-order valence-electron chi connectivity index (χ1n) is 11.6. The lowest BCUT2D eigenvalue weighted by Gasteiger charge is -2.22. The van der Waals surface area contributed by atoms with Gasteiger partial charge in [-0.3, -0.25) is 0 Å². The van der Waals surface area contributed by atoms with Gasteiger partial charge in [0.2, 0.25) is 0 Å². The summed E-state index contributed by atoms with van der Waals surface area (Å²) in [6, 6.07) is 28.9. The molecule has 0 N–H and O–H groups in total. The minimum atomic E-state index is 0.0969. The molecule has 0 aliphatic heterocycles. The number of aryl methyl sites for hydroxylation is 1. The van der Waals surface area contributed by atoms with Crippen LogP contribution in [0, 0.1) is 6.92 Å². The van der Waals surface area contributed by atoms with E-state index in [9.17, 15) is 0 Å². The molecule has 33 heavy (non-hydrogen) atoms. The fourth-order valence-electron chi connectivity index (χ4n) is 3.38. The van der Waals surface area contributed by atoms with Crippen LogP contribution >= 0.6 is 11.6 Å². The van der Waals surface area contributed by atoms with Crippen LogP contribution in [-0.2, 0) is 0 Å². The first kappa shape index (κ1) is 26.9. The summed E-state index contributed by atoms with van der Waals surface area (Å²) in [6.07, 6.45) is 2.07. The van der Waals surface area contributed by atoms with Crippen LogP contribution in [0.1, 0.15) is 41.0 Å². The van der Waals surface area contributed by atoms with E-state index in [1.54, 1.807) is 0 Å². The van der Waals surface area contributed by atoms with Gasteiger partial charge in [-0.1, -0.05) is 78.9 Å². The summed E-state index contributed by atoms with van der Waals surface area (Å²) in [7, 11) is 8.31. The first-order chi connectivity index (χ1) is 15.9. The first-order valence-corrected chi connectivity index (χ1v) is 12.1. The summed E-state index contributed by atoms with van der Waals surface area (Å²) in [5, 5.41) is 0.142. The molecule has 0 bridgehead atoms. The van der Waals surface area contributed by atoms with Gasteiger partial charge in [-0.15, -0.1) is 11.6 Å². The molecule has 178 valence electrons. The average molecular weight is 467 g/mol. The van der Waals surface area contributed by atoms with Crippen LogP contribution in [0.3, 0.4) is 0 Å². The number of rotatable bonds is 10. The van der Waals surface area contributed by atoms with Gasteiger partial charge in [0.15, 0.2) is 0 Å². The van der Waals surface area contributed by atoms with Gasteiger partial charge in [0.25, 0.3) is 0 Å². The Morgan fingerprint density at radius 2 is 1.15 bits per heavy atom. The lowest BCUT2D eigenvalue weighted by atomic mass is 10.1. The molecule has 2 atom stereocenters. The molecule has 0 aromatic heterocycles. The van der Waals surface area contributed by atoms with Crippen molar-refractivity contribution in [2.24, 2.45) is 0 Å². The highest BCUT2D eigenvalue weighted by molar-refractivity contribution is 6.20. The number of halogens is 1. The molecule has 0 amide bonds. The van der Waals surface area contributed by atoms with Gasteiger partial charge in [0.05, 0.1) is 5.38 Å². The van der Waals surface area contributed by atoms with Gasteiger partial charge < -0.3 is 14.5 Å². The molecule has 3 nitrogen and oxygen atoms in total. The number of benzene rings is 3. The molecule has 0 radical (unpaired) electrons. The predicted molar refractivity (Wildman–Crippen MR) is 142 cm³/mol. The second-order valence-electron chi connectivity index (χ2n) is 8.84. The van der Waals surface area contributed by atoms with Crippen molar-refractivity contribution in [3.63, 3.8) is 0 Å². The highest BCUT2D eigenvalue weighted by Crippen LogP contribution is 2.27. The van der Waals surface area contributed by atoms with Crippen LogP contribution in [-0.4, -0.2) is 51.1 Å². The molecule has 0 aliphatic carbocycles. The maximum Gasteiger partial charge on any atom is 0.125 e.